The lowest BCUT2D eigenvalue weighted by Gasteiger charge is -2.41. The van der Waals surface area contributed by atoms with Gasteiger partial charge in [0, 0.05) is 66.0 Å². The summed E-state index contributed by atoms with van der Waals surface area (Å²) in [5.74, 6) is 0. The Labute approximate surface area is 786 Å². The molecule has 0 atom stereocenters. The molecule has 0 unspecified atom stereocenters. The number of rotatable bonds is 76. The molecule has 0 N–H and O–H groups in total. The fourth-order valence-corrected chi connectivity index (χ4v) is 70.9. The fraction of sp³-hybridized carbons (Fsp3) is 1.00. The van der Waals surface area contributed by atoms with Gasteiger partial charge < -0.3 is 0 Å². The molecule has 0 aliphatic heterocycles. The highest BCUT2D eigenvalue weighted by Gasteiger charge is 2.44. The van der Waals surface area contributed by atoms with Crippen LogP contribution < -0.4 is 0 Å². The van der Waals surface area contributed by atoms with Crippen molar-refractivity contribution in [2.24, 2.45) is 0 Å². The third-order valence-corrected chi connectivity index (χ3v) is 112. The molecule has 29 heteroatoms. The number of alkyl halides is 12. The van der Waals surface area contributed by atoms with Gasteiger partial charge in [0.15, 0.2) is 0 Å². The topological polar surface area (TPSA) is 0 Å². The molecule has 0 saturated heterocycles. The van der Waals surface area contributed by atoms with E-state index in [9.17, 15) is 0 Å². The minimum absolute atomic E-state index is 0.882. The number of hydrogen-bond donors (Lipinski definition) is 0. The van der Waals surface area contributed by atoms with Crippen LogP contribution in [0.1, 0.15) is 103 Å². The van der Waals surface area contributed by atoms with Crippen molar-refractivity contribution in [3.8, 4) is 0 Å². The van der Waals surface area contributed by atoms with Crippen LogP contribution >= 0.6 is 139 Å². The minimum atomic E-state index is -2.04. The normalized spacial score (nSPS) is 14.5. The van der Waals surface area contributed by atoms with Crippen molar-refractivity contribution in [2.75, 3.05) is 66.0 Å². The molecule has 0 spiro atoms. The Kier molecular flexibility index (Phi) is 61.8. The van der Waals surface area contributed by atoms with Gasteiger partial charge in [-0.3, -0.25) is 0 Å². The minimum Gasteiger partial charge on any atom is -0.130 e. The summed E-state index contributed by atoms with van der Waals surface area (Å²) in [6.07, 6.45) is 22.8. The summed E-state index contributed by atoms with van der Waals surface area (Å²) >= 11 is 83.6. The molecule has 0 rings (SSSR count). The first-order chi connectivity index (χ1) is 52.0. The zero-order chi connectivity index (χ0) is 86.9. The monoisotopic (exact) mass is 2100 g/mol. The van der Waals surface area contributed by atoms with Gasteiger partial charge >= 0.3 is 0 Å². The summed E-state index contributed by atoms with van der Waals surface area (Å²) in [6, 6.07) is 47.2. The zero-order valence-electron chi connectivity index (χ0n) is 79.5. The van der Waals surface area contributed by atoms with E-state index in [-0.39, 0.29) is 0 Å². The second-order valence-corrected chi connectivity index (χ2v) is 145. The Morgan fingerprint density at radius 2 is 0.150 bits per heavy atom. The summed E-state index contributed by atoms with van der Waals surface area (Å²) in [5.41, 5.74) is 10.6. The van der Waals surface area contributed by atoms with E-state index in [0.717, 1.165) is 66.0 Å². The molecule has 0 heterocycles. The van der Waals surface area contributed by atoms with Crippen molar-refractivity contribution in [3.63, 3.8) is 0 Å². The molecule has 0 fully saturated rings. The van der Waals surface area contributed by atoms with Gasteiger partial charge in [-0.1, -0.05) is 453 Å². The van der Waals surface area contributed by atoms with E-state index in [1.165, 1.54) is 248 Å². The number of hydrogen-bond acceptors (Lipinski definition) is 0. The molecule has 0 aliphatic carbocycles. The van der Waals surface area contributed by atoms with E-state index in [1.807, 2.05) is 0 Å². The maximum Gasteiger partial charge on any atom is 0.0639 e. The van der Waals surface area contributed by atoms with Crippen LogP contribution in [-0.2, 0) is 0 Å². The molecule has 0 aromatic heterocycles. The largest absolute Gasteiger partial charge is 0.130 e. The van der Waals surface area contributed by atoms with Gasteiger partial charge in [0.1, 0.15) is 0 Å². The third kappa shape index (κ3) is 55.8. The van der Waals surface area contributed by atoms with Gasteiger partial charge in [-0.05, 0) is 0 Å². The average molecular weight is 2110 g/mol. The molecule has 0 radical (unpaired) electrons. The SMILES string of the molecule is C[Si](C)(CCl)CCC[Si](CCC[Si](C)(C)CCl)(CCC[Si](C)(C)CCl)CCC[Si](CCC[Si](CCC[Si](C)(C)CCl)(CCC[Si](C)(C)CCl)CCC[Si](C)(C)CCl)(CCC[Si](CCC[Si](C)(C)CCl)(CCC[Si](C)(C)CCl)CCC[Si](C)(C)CCl)CCC[Si](CCC[Si](C)(C)CCl)(CCC[Si](C)(C)CCl)CCC[Si](C)(C)CCl. The Morgan fingerprint density at radius 1 is 0.0973 bits per heavy atom. The van der Waals surface area contributed by atoms with Gasteiger partial charge in [-0.25, -0.2) is 0 Å². The first-order valence-corrected chi connectivity index (χ1v) is 108. The Bertz CT molecular complexity index is 1900. The van der Waals surface area contributed by atoms with Gasteiger partial charge in [0.2, 0.25) is 0 Å². The maximum absolute atomic E-state index is 6.97. The van der Waals surface area contributed by atoms with E-state index >= 15 is 0 Å². The van der Waals surface area contributed by atoms with Crippen LogP contribution in [0.2, 0.25) is 351 Å². The van der Waals surface area contributed by atoms with Gasteiger partial charge in [-0.15, -0.1) is 139 Å². The van der Waals surface area contributed by atoms with E-state index in [2.05, 4.69) is 157 Å². The lowest BCUT2D eigenvalue weighted by Crippen LogP contribution is -2.42. The van der Waals surface area contributed by atoms with E-state index in [4.69, 9.17) is 139 Å². The van der Waals surface area contributed by atoms with Crippen LogP contribution in [0.5, 0.6) is 0 Å². The first-order valence-electron chi connectivity index (χ1n) is 46.8. The van der Waals surface area contributed by atoms with Crippen LogP contribution in [0.4, 0.5) is 0 Å². The molecule has 0 nitrogen and oxygen atoms in total. The Balaban J connectivity index is 9.92. The average Bonchev–Trinajstić information content (AvgIpc) is 0.751. The predicted octanol–water partition coefficient (Wildman–Crippen LogP) is 37.3. The van der Waals surface area contributed by atoms with Crippen LogP contribution in [0.15, 0.2) is 0 Å². The molecule has 0 aromatic rings. The molecular formula is C84H192Cl12Si17. The Hall–Kier alpha value is 7.17. The highest BCUT2D eigenvalue weighted by Crippen LogP contribution is 2.47. The molecule has 0 saturated carbocycles. The molecule has 113 heavy (non-hydrogen) atoms. The lowest BCUT2D eigenvalue weighted by atomic mass is 10.5. The van der Waals surface area contributed by atoms with Crippen molar-refractivity contribution in [1.82, 2.24) is 0 Å². The van der Waals surface area contributed by atoms with Crippen molar-refractivity contribution in [3.05, 3.63) is 0 Å². The highest BCUT2D eigenvalue weighted by molar-refractivity contribution is 6.91. The highest BCUT2D eigenvalue weighted by atomic mass is 35.5. The molecule has 0 bridgehead atoms. The number of halogens is 12. The summed E-state index contributed by atoms with van der Waals surface area (Å²) < 4.78 is 0. The van der Waals surface area contributed by atoms with E-state index < -0.39 is 137 Å². The zero-order valence-corrected chi connectivity index (χ0v) is 106. The lowest BCUT2D eigenvalue weighted by molar-refractivity contribution is 0.812. The summed E-state index contributed by atoms with van der Waals surface area (Å²) in [4.78, 5) is 0. The van der Waals surface area contributed by atoms with Crippen LogP contribution in [-0.4, -0.2) is 203 Å². The van der Waals surface area contributed by atoms with Crippen molar-refractivity contribution >= 4 is 276 Å². The van der Waals surface area contributed by atoms with Crippen LogP contribution in [0, 0.1) is 0 Å². The molecule has 0 amide bonds. The van der Waals surface area contributed by atoms with Crippen LogP contribution in [0.3, 0.4) is 0 Å². The van der Waals surface area contributed by atoms with Gasteiger partial charge in [0.05, 0.1) is 137 Å². The first kappa shape index (κ1) is 120. The maximum atomic E-state index is 6.97. The summed E-state index contributed by atoms with van der Waals surface area (Å²) in [5, 5.41) is 0. The second kappa shape index (κ2) is 58.1. The van der Waals surface area contributed by atoms with Crippen molar-refractivity contribution < 1.29 is 0 Å². The molecular weight excluding hydrogens is 1910 g/mol. The Morgan fingerprint density at radius 3 is 0.204 bits per heavy atom. The molecule has 0 aliphatic rings. The third-order valence-electron chi connectivity index (χ3n) is 28.7. The predicted molar refractivity (Wildman–Crippen MR) is 595 cm³/mol. The van der Waals surface area contributed by atoms with Gasteiger partial charge in [-0.2, -0.15) is 0 Å². The van der Waals surface area contributed by atoms with Crippen molar-refractivity contribution in [1.29, 1.82) is 0 Å². The van der Waals surface area contributed by atoms with Crippen LogP contribution in [0.25, 0.3) is 0 Å². The van der Waals surface area contributed by atoms with Crippen molar-refractivity contribution in [2.45, 2.75) is 453 Å². The molecule has 680 valence electrons. The smallest absolute Gasteiger partial charge is 0.0639 e. The van der Waals surface area contributed by atoms with E-state index in [0.29, 0.717) is 0 Å². The summed E-state index contributed by atoms with van der Waals surface area (Å²) in [6.45, 7) is 62.2. The fourth-order valence-electron chi connectivity index (χ4n) is 19.2. The summed E-state index contributed by atoms with van der Waals surface area (Å²) in [7, 11) is -27.2. The molecule has 0 aromatic carbocycles. The van der Waals surface area contributed by atoms with E-state index in [1.54, 1.807) is 48.4 Å². The standard InChI is InChI=1S/C84H192Cl12Si17/c1-97(2,73-85)41-25-53-109(54-26-42-98(3,4)74-86,55-27-43-99(5,6)75-87)65-37-69-113(70-38-66-110(56-28-44-100(7,8)76-88,57-29-45-101(9,10)77-89)58-30-46-102(11,12)78-90,71-39-67-111(59-31-47-103(13,14)79-91,60-32-48-104(15,16)80-92)61-33-49-105(17,18)81-93)72-40-68-112(62-34-50-106(19,20)82-94,63-35-51-107(21,22)83-95)64-36-52-108(23,24)84-96/h25-84H2,1-24H3. The second-order valence-electron chi connectivity index (χ2n) is 48.7. The quantitative estimate of drug-likeness (QED) is 0.0421. The van der Waals surface area contributed by atoms with Gasteiger partial charge in [0.25, 0.3) is 0 Å².